The van der Waals surface area contributed by atoms with Gasteiger partial charge < -0.3 is 19.1 Å². The van der Waals surface area contributed by atoms with Gasteiger partial charge in [-0.1, -0.05) is 31.1 Å². The topological polar surface area (TPSA) is 71.2 Å². The SMILES string of the molecule is CC(C)C1=NOC(C(=O)N2CCN(c3nc4ccccc4o3)CC2)C1. The molecule has 1 unspecified atom stereocenters. The number of rotatable bonds is 3. The summed E-state index contributed by atoms with van der Waals surface area (Å²) in [5.41, 5.74) is 2.60. The van der Waals surface area contributed by atoms with E-state index in [1.807, 2.05) is 29.2 Å². The van der Waals surface area contributed by atoms with Crippen LogP contribution >= 0.6 is 0 Å². The summed E-state index contributed by atoms with van der Waals surface area (Å²) in [6.45, 7) is 6.79. The quantitative estimate of drug-likeness (QED) is 0.856. The molecule has 3 heterocycles. The molecule has 7 heteroatoms. The Morgan fingerprint density at radius 1 is 1.20 bits per heavy atom. The van der Waals surface area contributed by atoms with E-state index < -0.39 is 6.10 Å². The molecule has 0 saturated carbocycles. The molecule has 0 radical (unpaired) electrons. The van der Waals surface area contributed by atoms with Crippen LogP contribution in [-0.2, 0) is 9.63 Å². The summed E-state index contributed by atoms with van der Waals surface area (Å²) in [5.74, 6) is 0.338. The van der Waals surface area contributed by atoms with E-state index in [1.54, 1.807) is 0 Å². The number of aromatic nitrogens is 1. The van der Waals surface area contributed by atoms with E-state index in [0.29, 0.717) is 44.5 Å². The van der Waals surface area contributed by atoms with Crippen molar-refractivity contribution in [2.75, 3.05) is 31.1 Å². The normalized spacial score (nSPS) is 20.9. The van der Waals surface area contributed by atoms with Gasteiger partial charge in [0.2, 0.25) is 6.10 Å². The molecule has 1 aromatic heterocycles. The zero-order valence-corrected chi connectivity index (χ0v) is 14.5. The Kier molecular flexibility index (Phi) is 4.07. The van der Waals surface area contributed by atoms with Gasteiger partial charge in [-0.2, -0.15) is 4.98 Å². The van der Waals surface area contributed by atoms with Gasteiger partial charge in [-0.25, -0.2) is 0 Å². The minimum absolute atomic E-state index is 0.0246. The fourth-order valence-corrected chi connectivity index (χ4v) is 3.19. The van der Waals surface area contributed by atoms with E-state index in [9.17, 15) is 4.79 Å². The van der Waals surface area contributed by atoms with E-state index in [1.165, 1.54) is 0 Å². The smallest absolute Gasteiger partial charge is 0.298 e. The van der Waals surface area contributed by atoms with Crippen LogP contribution in [0.15, 0.2) is 33.8 Å². The number of nitrogens with zero attached hydrogens (tertiary/aromatic N) is 4. The highest BCUT2D eigenvalue weighted by molar-refractivity contribution is 5.93. The van der Waals surface area contributed by atoms with Gasteiger partial charge in [-0.3, -0.25) is 4.79 Å². The molecule has 0 spiro atoms. The zero-order chi connectivity index (χ0) is 17.4. The lowest BCUT2D eigenvalue weighted by atomic mass is 10.0. The number of para-hydroxylation sites is 2. The summed E-state index contributed by atoms with van der Waals surface area (Å²) in [6, 6.07) is 8.35. The van der Waals surface area contributed by atoms with Crippen LogP contribution in [0.5, 0.6) is 0 Å². The number of oxazole rings is 1. The maximum absolute atomic E-state index is 12.6. The number of anilines is 1. The summed E-state index contributed by atoms with van der Waals surface area (Å²) in [6.07, 6.45) is 0.134. The van der Waals surface area contributed by atoms with Crippen molar-refractivity contribution >= 4 is 28.7 Å². The van der Waals surface area contributed by atoms with Crippen molar-refractivity contribution in [3.63, 3.8) is 0 Å². The predicted octanol–water partition coefficient (Wildman–Crippen LogP) is 2.28. The standard InChI is InChI=1S/C18H22N4O3/c1-12(2)14-11-16(25-20-14)17(23)21-7-9-22(10-8-21)18-19-13-5-3-4-6-15(13)24-18/h3-6,12,16H,7-11H2,1-2H3. The Balaban J connectivity index is 1.36. The first kappa shape index (κ1) is 15.9. The average molecular weight is 342 g/mol. The minimum atomic E-state index is -0.465. The van der Waals surface area contributed by atoms with Crippen molar-refractivity contribution < 1.29 is 14.0 Å². The fourth-order valence-electron chi connectivity index (χ4n) is 3.19. The Labute approximate surface area is 146 Å². The van der Waals surface area contributed by atoms with E-state index >= 15 is 0 Å². The molecule has 25 heavy (non-hydrogen) atoms. The van der Waals surface area contributed by atoms with Crippen LogP contribution in [0.4, 0.5) is 6.01 Å². The number of fused-ring (bicyclic) bond motifs is 1. The Morgan fingerprint density at radius 3 is 2.64 bits per heavy atom. The van der Waals surface area contributed by atoms with Crippen molar-refractivity contribution in [1.82, 2.24) is 9.88 Å². The van der Waals surface area contributed by atoms with Gasteiger partial charge in [0.15, 0.2) is 5.58 Å². The highest BCUT2D eigenvalue weighted by atomic mass is 16.6. The van der Waals surface area contributed by atoms with Crippen molar-refractivity contribution in [2.24, 2.45) is 11.1 Å². The van der Waals surface area contributed by atoms with Crippen LogP contribution in [0, 0.1) is 5.92 Å². The molecule has 1 fully saturated rings. The molecule has 0 N–H and O–H groups in total. The third-order valence-electron chi connectivity index (χ3n) is 4.78. The predicted molar refractivity (Wildman–Crippen MR) is 94.6 cm³/mol. The van der Waals surface area contributed by atoms with Crippen LogP contribution < -0.4 is 4.90 Å². The molecule has 1 saturated heterocycles. The van der Waals surface area contributed by atoms with Gasteiger partial charge >= 0.3 is 0 Å². The molecule has 0 aliphatic carbocycles. The summed E-state index contributed by atoms with van der Waals surface area (Å²) in [7, 11) is 0. The van der Waals surface area contributed by atoms with Crippen LogP contribution in [0.3, 0.4) is 0 Å². The first-order valence-electron chi connectivity index (χ1n) is 8.73. The highest BCUT2D eigenvalue weighted by Crippen LogP contribution is 2.23. The van der Waals surface area contributed by atoms with Gasteiger partial charge in [0.1, 0.15) is 5.52 Å². The minimum Gasteiger partial charge on any atom is -0.423 e. The van der Waals surface area contributed by atoms with Crippen molar-refractivity contribution in [3.8, 4) is 0 Å². The number of amides is 1. The highest BCUT2D eigenvalue weighted by Gasteiger charge is 2.34. The first-order valence-corrected chi connectivity index (χ1v) is 8.73. The van der Waals surface area contributed by atoms with E-state index in [-0.39, 0.29) is 5.91 Å². The molecule has 1 amide bonds. The summed E-state index contributed by atoms with van der Waals surface area (Å²) < 4.78 is 5.81. The van der Waals surface area contributed by atoms with Crippen molar-refractivity contribution in [2.45, 2.75) is 26.4 Å². The Bertz CT molecular complexity index is 773. The lowest BCUT2D eigenvalue weighted by Gasteiger charge is -2.34. The van der Waals surface area contributed by atoms with Crippen LogP contribution in [0.1, 0.15) is 20.3 Å². The molecule has 1 aromatic carbocycles. The van der Waals surface area contributed by atoms with Gasteiger partial charge in [-0.05, 0) is 18.1 Å². The van der Waals surface area contributed by atoms with E-state index in [4.69, 9.17) is 9.25 Å². The molecular weight excluding hydrogens is 320 g/mol. The number of piperazine rings is 1. The number of hydrogen-bond donors (Lipinski definition) is 0. The number of benzene rings is 1. The van der Waals surface area contributed by atoms with Crippen LogP contribution in [0.25, 0.3) is 11.1 Å². The van der Waals surface area contributed by atoms with Gasteiger partial charge in [0, 0.05) is 32.6 Å². The Hall–Kier alpha value is -2.57. The fraction of sp³-hybridized carbons (Fsp3) is 0.500. The average Bonchev–Trinajstić information content (AvgIpc) is 3.28. The molecule has 4 rings (SSSR count). The molecule has 2 aliphatic heterocycles. The first-order chi connectivity index (χ1) is 12.1. The number of oxime groups is 1. The number of hydrogen-bond acceptors (Lipinski definition) is 6. The van der Waals surface area contributed by atoms with Crippen molar-refractivity contribution in [3.05, 3.63) is 24.3 Å². The monoisotopic (exact) mass is 342 g/mol. The number of carbonyl (C=O) groups excluding carboxylic acids is 1. The maximum atomic E-state index is 12.6. The molecule has 7 nitrogen and oxygen atoms in total. The molecule has 2 aliphatic rings. The van der Waals surface area contributed by atoms with E-state index in [2.05, 4.69) is 28.9 Å². The maximum Gasteiger partial charge on any atom is 0.298 e. The molecule has 2 aromatic rings. The molecule has 1 atom stereocenters. The largest absolute Gasteiger partial charge is 0.423 e. The number of carbonyl (C=O) groups is 1. The van der Waals surface area contributed by atoms with Crippen LogP contribution in [-0.4, -0.2) is 53.8 Å². The summed E-state index contributed by atoms with van der Waals surface area (Å²) in [4.78, 5) is 26.4. The second kappa shape index (κ2) is 6.38. The second-order valence-electron chi connectivity index (χ2n) is 6.81. The van der Waals surface area contributed by atoms with Gasteiger partial charge in [-0.15, -0.1) is 0 Å². The van der Waals surface area contributed by atoms with Crippen LogP contribution in [0.2, 0.25) is 0 Å². The molecule has 0 bridgehead atoms. The summed E-state index contributed by atoms with van der Waals surface area (Å²) in [5, 5.41) is 4.05. The zero-order valence-electron chi connectivity index (χ0n) is 14.5. The third kappa shape index (κ3) is 3.06. The molecular formula is C18H22N4O3. The van der Waals surface area contributed by atoms with E-state index in [0.717, 1.165) is 16.8 Å². The molecule has 132 valence electrons. The van der Waals surface area contributed by atoms with Crippen molar-refractivity contribution in [1.29, 1.82) is 0 Å². The lowest BCUT2D eigenvalue weighted by molar-refractivity contribution is -0.142. The second-order valence-corrected chi connectivity index (χ2v) is 6.81. The Morgan fingerprint density at radius 2 is 1.96 bits per heavy atom. The van der Waals surface area contributed by atoms with Gasteiger partial charge in [0.25, 0.3) is 11.9 Å². The summed E-state index contributed by atoms with van der Waals surface area (Å²) >= 11 is 0. The third-order valence-corrected chi connectivity index (χ3v) is 4.78. The lowest BCUT2D eigenvalue weighted by Crippen LogP contribution is -2.51. The van der Waals surface area contributed by atoms with Gasteiger partial charge in [0.05, 0.1) is 5.71 Å².